The maximum Gasteiger partial charge on any atom is 0.407 e. The van der Waals surface area contributed by atoms with E-state index in [4.69, 9.17) is 4.74 Å². The standard InChI is InChI=1S/C18H17NO3/c20-13-17-9-4-8-15(12-17)10-5-11-19-18(21)22-14-16-6-2-1-3-7-16/h1-10,12-13H,11,14H2,(H,19,21). The topological polar surface area (TPSA) is 55.4 Å². The lowest BCUT2D eigenvalue weighted by atomic mass is 10.1. The van der Waals surface area contributed by atoms with Crippen LogP contribution >= 0.6 is 0 Å². The number of aldehydes is 1. The molecule has 2 aromatic carbocycles. The van der Waals surface area contributed by atoms with Crippen LogP contribution in [-0.4, -0.2) is 18.9 Å². The molecule has 2 rings (SSSR count). The molecule has 112 valence electrons. The lowest BCUT2D eigenvalue weighted by Crippen LogP contribution is -2.24. The molecule has 0 saturated carbocycles. The quantitative estimate of drug-likeness (QED) is 0.831. The van der Waals surface area contributed by atoms with Gasteiger partial charge >= 0.3 is 6.09 Å². The summed E-state index contributed by atoms with van der Waals surface area (Å²) in [5.41, 5.74) is 2.47. The predicted molar refractivity (Wildman–Crippen MR) is 85.5 cm³/mol. The average Bonchev–Trinajstić information content (AvgIpc) is 2.58. The number of nitrogens with one attached hydrogen (secondary N) is 1. The summed E-state index contributed by atoms with van der Waals surface area (Å²) in [6.07, 6.45) is 3.98. The lowest BCUT2D eigenvalue weighted by molar-refractivity contribution is 0.112. The molecule has 0 heterocycles. The molecule has 22 heavy (non-hydrogen) atoms. The molecule has 0 atom stereocenters. The third-order valence-electron chi connectivity index (χ3n) is 2.93. The van der Waals surface area contributed by atoms with Crippen LogP contribution in [0.4, 0.5) is 4.79 Å². The number of hydrogen-bond acceptors (Lipinski definition) is 3. The lowest BCUT2D eigenvalue weighted by Gasteiger charge is -2.05. The Kier molecular flexibility index (Phi) is 5.93. The highest BCUT2D eigenvalue weighted by atomic mass is 16.5. The first-order valence-electron chi connectivity index (χ1n) is 6.94. The van der Waals surface area contributed by atoms with Gasteiger partial charge in [0.05, 0.1) is 0 Å². The van der Waals surface area contributed by atoms with Gasteiger partial charge in [0, 0.05) is 12.1 Å². The van der Waals surface area contributed by atoms with Crippen LogP contribution in [0.25, 0.3) is 6.08 Å². The third kappa shape index (κ3) is 5.25. The summed E-state index contributed by atoms with van der Waals surface area (Å²) in [5, 5.41) is 2.63. The van der Waals surface area contributed by atoms with Crippen LogP contribution in [0.15, 0.2) is 60.7 Å². The van der Waals surface area contributed by atoms with Crippen molar-refractivity contribution in [3.8, 4) is 0 Å². The first-order chi connectivity index (χ1) is 10.8. The van der Waals surface area contributed by atoms with E-state index in [1.54, 1.807) is 18.2 Å². The summed E-state index contributed by atoms with van der Waals surface area (Å²) < 4.78 is 5.09. The molecule has 0 aliphatic rings. The van der Waals surface area contributed by atoms with Crippen molar-refractivity contribution in [2.24, 2.45) is 0 Å². The van der Waals surface area contributed by atoms with Crippen molar-refractivity contribution in [3.05, 3.63) is 77.4 Å². The van der Waals surface area contributed by atoms with Crippen LogP contribution in [0.2, 0.25) is 0 Å². The summed E-state index contributed by atoms with van der Waals surface area (Å²) in [6, 6.07) is 16.7. The molecular weight excluding hydrogens is 278 g/mol. The third-order valence-corrected chi connectivity index (χ3v) is 2.93. The van der Waals surface area contributed by atoms with Gasteiger partial charge in [-0.1, -0.05) is 60.7 Å². The van der Waals surface area contributed by atoms with Crippen molar-refractivity contribution in [2.75, 3.05) is 6.54 Å². The number of hydrogen-bond donors (Lipinski definition) is 1. The van der Waals surface area contributed by atoms with Crippen LogP contribution in [-0.2, 0) is 11.3 Å². The highest BCUT2D eigenvalue weighted by molar-refractivity contribution is 5.76. The van der Waals surface area contributed by atoms with Crippen LogP contribution in [0.5, 0.6) is 0 Å². The number of carbonyl (C=O) groups excluding carboxylic acids is 2. The Morgan fingerprint density at radius 3 is 2.59 bits per heavy atom. The van der Waals surface area contributed by atoms with E-state index in [-0.39, 0.29) is 6.61 Å². The number of amides is 1. The van der Waals surface area contributed by atoms with E-state index in [1.165, 1.54) is 0 Å². The Labute approximate surface area is 129 Å². The van der Waals surface area contributed by atoms with Gasteiger partial charge in [0.25, 0.3) is 0 Å². The summed E-state index contributed by atoms with van der Waals surface area (Å²) >= 11 is 0. The van der Waals surface area contributed by atoms with Crippen LogP contribution in [0.1, 0.15) is 21.5 Å². The normalized spacial score (nSPS) is 10.4. The van der Waals surface area contributed by atoms with Gasteiger partial charge in [0.15, 0.2) is 0 Å². The van der Waals surface area contributed by atoms with Gasteiger partial charge in [-0.25, -0.2) is 4.79 Å². The Balaban J connectivity index is 1.72. The van der Waals surface area contributed by atoms with Crippen LogP contribution in [0.3, 0.4) is 0 Å². The molecule has 0 aliphatic carbocycles. The minimum Gasteiger partial charge on any atom is -0.445 e. The molecule has 0 spiro atoms. The predicted octanol–water partition coefficient (Wildman–Crippen LogP) is 3.44. The van der Waals surface area contributed by atoms with Gasteiger partial charge in [-0.05, 0) is 17.2 Å². The monoisotopic (exact) mass is 295 g/mol. The van der Waals surface area contributed by atoms with Gasteiger partial charge in [-0.2, -0.15) is 0 Å². The minimum atomic E-state index is -0.463. The van der Waals surface area contributed by atoms with E-state index in [1.807, 2.05) is 48.5 Å². The van der Waals surface area contributed by atoms with Crippen molar-refractivity contribution in [3.63, 3.8) is 0 Å². The molecular formula is C18H17NO3. The summed E-state index contributed by atoms with van der Waals surface area (Å²) in [7, 11) is 0. The fourth-order valence-electron chi connectivity index (χ4n) is 1.85. The van der Waals surface area contributed by atoms with Crippen molar-refractivity contribution < 1.29 is 14.3 Å². The van der Waals surface area contributed by atoms with Gasteiger partial charge < -0.3 is 10.1 Å². The summed E-state index contributed by atoms with van der Waals surface area (Å²) in [4.78, 5) is 22.2. The number of rotatable bonds is 6. The Morgan fingerprint density at radius 1 is 1.05 bits per heavy atom. The van der Waals surface area contributed by atoms with Gasteiger partial charge in [0.2, 0.25) is 0 Å². The largest absolute Gasteiger partial charge is 0.445 e. The number of carbonyl (C=O) groups is 2. The second kappa shape index (κ2) is 8.42. The first-order valence-corrected chi connectivity index (χ1v) is 6.94. The van der Waals surface area contributed by atoms with Gasteiger partial charge in [-0.3, -0.25) is 4.79 Å². The van der Waals surface area contributed by atoms with E-state index in [0.717, 1.165) is 17.4 Å². The molecule has 0 bridgehead atoms. The first kappa shape index (κ1) is 15.5. The number of benzene rings is 2. The van der Waals surface area contributed by atoms with E-state index in [2.05, 4.69) is 5.32 Å². The van der Waals surface area contributed by atoms with Gasteiger partial charge in [-0.15, -0.1) is 0 Å². The highest BCUT2D eigenvalue weighted by Crippen LogP contribution is 2.05. The molecule has 0 fully saturated rings. The zero-order valence-corrected chi connectivity index (χ0v) is 12.1. The van der Waals surface area contributed by atoms with E-state index < -0.39 is 6.09 Å². The second-order valence-electron chi connectivity index (χ2n) is 4.63. The van der Waals surface area contributed by atoms with Crippen LogP contribution < -0.4 is 5.32 Å². The molecule has 0 radical (unpaired) electrons. The molecule has 1 N–H and O–H groups in total. The Bertz CT molecular complexity index is 650. The number of alkyl carbamates (subject to hydrolysis) is 1. The van der Waals surface area contributed by atoms with Crippen molar-refractivity contribution >= 4 is 18.5 Å². The SMILES string of the molecule is O=Cc1cccc(C=CCNC(=O)OCc2ccccc2)c1. The zero-order chi connectivity index (χ0) is 15.6. The van der Waals surface area contributed by atoms with E-state index in [9.17, 15) is 9.59 Å². The maximum absolute atomic E-state index is 11.5. The van der Waals surface area contributed by atoms with Crippen molar-refractivity contribution in [2.45, 2.75) is 6.61 Å². The summed E-state index contributed by atoms with van der Waals surface area (Å²) in [5.74, 6) is 0. The molecule has 2 aromatic rings. The Hall–Kier alpha value is -2.88. The fourth-order valence-corrected chi connectivity index (χ4v) is 1.85. The highest BCUT2D eigenvalue weighted by Gasteiger charge is 2.00. The molecule has 4 heteroatoms. The molecule has 0 unspecified atom stereocenters. The number of ether oxygens (including phenoxy) is 1. The molecule has 4 nitrogen and oxygen atoms in total. The van der Waals surface area contributed by atoms with E-state index >= 15 is 0 Å². The van der Waals surface area contributed by atoms with Crippen LogP contribution in [0, 0.1) is 0 Å². The van der Waals surface area contributed by atoms with Crippen molar-refractivity contribution in [1.82, 2.24) is 5.32 Å². The minimum absolute atomic E-state index is 0.248. The molecule has 0 aromatic heterocycles. The average molecular weight is 295 g/mol. The second-order valence-corrected chi connectivity index (χ2v) is 4.63. The fraction of sp³-hybridized carbons (Fsp3) is 0.111. The Morgan fingerprint density at radius 2 is 1.82 bits per heavy atom. The summed E-state index contributed by atoms with van der Waals surface area (Å²) in [6.45, 7) is 0.608. The zero-order valence-electron chi connectivity index (χ0n) is 12.1. The van der Waals surface area contributed by atoms with E-state index in [0.29, 0.717) is 12.1 Å². The smallest absolute Gasteiger partial charge is 0.407 e. The molecule has 0 saturated heterocycles. The molecule has 1 amide bonds. The molecule has 0 aliphatic heterocycles. The maximum atomic E-state index is 11.5. The van der Waals surface area contributed by atoms with Crippen molar-refractivity contribution in [1.29, 1.82) is 0 Å². The van der Waals surface area contributed by atoms with Gasteiger partial charge in [0.1, 0.15) is 12.9 Å².